The molecule has 1 saturated heterocycles. The molecule has 1 aromatic rings. The molecule has 3 heteroatoms. The van der Waals surface area contributed by atoms with Crippen LogP contribution in [0.3, 0.4) is 0 Å². The molecule has 1 aromatic carbocycles. The first kappa shape index (κ1) is 15.5. The van der Waals surface area contributed by atoms with Crippen molar-refractivity contribution >= 4 is 0 Å². The van der Waals surface area contributed by atoms with Crippen molar-refractivity contribution in [2.45, 2.75) is 38.9 Å². The summed E-state index contributed by atoms with van der Waals surface area (Å²) in [7, 11) is 1.80. The van der Waals surface area contributed by atoms with E-state index in [1.54, 1.807) is 7.11 Å². The average Bonchev–Trinajstić information content (AvgIpc) is 2.45. The number of nitrogens with one attached hydrogen (secondary N) is 1. The number of hydrogen-bond acceptors (Lipinski definition) is 3. The first-order valence-electron chi connectivity index (χ1n) is 7.66. The van der Waals surface area contributed by atoms with Crippen molar-refractivity contribution in [3.8, 4) is 0 Å². The minimum absolute atomic E-state index is 0.440. The van der Waals surface area contributed by atoms with E-state index in [2.05, 4.69) is 61.3 Å². The van der Waals surface area contributed by atoms with Crippen LogP contribution in [0.2, 0.25) is 0 Å². The second-order valence-corrected chi connectivity index (χ2v) is 6.20. The monoisotopic (exact) mass is 276 g/mol. The molecule has 3 unspecified atom stereocenters. The van der Waals surface area contributed by atoms with Crippen LogP contribution >= 0.6 is 0 Å². The van der Waals surface area contributed by atoms with Crippen molar-refractivity contribution in [1.29, 1.82) is 0 Å². The van der Waals surface area contributed by atoms with E-state index in [-0.39, 0.29) is 0 Å². The molecule has 112 valence electrons. The largest absolute Gasteiger partial charge is 0.383 e. The van der Waals surface area contributed by atoms with Crippen LogP contribution in [-0.4, -0.2) is 43.8 Å². The summed E-state index contributed by atoms with van der Waals surface area (Å²) in [6.45, 7) is 9.73. The zero-order chi connectivity index (χ0) is 14.5. The summed E-state index contributed by atoms with van der Waals surface area (Å²) in [5.41, 5.74) is 1.40. The van der Waals surface area contributed by atoms with Gasteiger partial charge in [-0.1, -0.05) is 44.2 Å². The molecule has 0 saturated carbocycles. The van der Waals surface area contributed by atoms with Gasteiger partial charge in [-0.05, 0) is 18.4 Å². The highest BCUT2D eigenvalue weighted by atomic mass is 16.5. The van der Waals surface area contributed by atoms with E-state index >= 15 is 0 Å². The Bertz CT molecular complexity index is 393. The molecule has 0 radical (unpaired) electrons. The lowest BCUT2D eigenvalue weighted by atomic mass is 9.95. The predicted octanol–water partition coefficient (Wildman–Crippen LogP) is 2.69. The third kappa shape index (κ3) is 3.60. The van der Waals surface area contributed by atoms with E-state index in [1.807, 2.05) is 0 Å². The Morgan fingerprint density at radius 2 is 2.00 bits per heavy atom. The molecule has 0 bridgehead atoms. The van der Waals surface area contributed by atoms with Gasteiger partial charge in [0.15, 0.2) is 0 Å². The number of rotatable bonds is 5. The second kappa shape index (κ2) is 7.21. The minimum atomic E-state index is 0.440. The predicted molar refractivity (Wildman–Crippen MR) is 83.9 cm³/mol. The SMILES string of the molecule is COCC(C(C)C)N1CC(C)NCC1c1ccccc1. The van der Waals surface area contributed by atoms with Crippen LogP contribution in [-0.2, 0) is 4.74 Å². The molecule has 0 aliphatic carbocycles. The normalized spacial score (nSPS) is 25.9. The standard InChI is InChI=1S/C17H28N2O/c1-13(2)17(12-20-4)19-11-14(3)18-10-16(19)15-8-6-5-7-9-15/h5-9,13-14,16-18H,10-12H2,1-4H3. The number of benzene rings is 1. The fraction of sp³-hybridized carbons (Fsp3) is 0.647. The second-order valence-electron chi connectivity index (χ2n) is 6.20. The lowest BCUT2D eigenvalue weighted by molar-refractivity contribution is 0.0134. The van der Waals surface area contributed by atoms with E-state index in [4.69, 9.17) is 4.74 Å². The van der Waals surface area contributed by atoms with Gasteiger partial charge in [0.2, 0.25) is 0 Å². The van der Waals surface area contributed by atoms with Crippen molar-refractivity contribution in [2.75, 3.05) is 26.8 Å². The Balaban J connectivity index is 2.23. The van der Waals surface area contributed by atoms with E-state index in [0.29, 0.717) is 24.0 Å². The van der Waals surface area contributed by atoms with Gasteiger partial charge in [-0.2, -0.15) is 0 Å². The fourth-order valence-electron chi connectivity index (χ4n) is 3.13. The van der Waals surface area contributed by atoms with Crippen molar-refractivity contribution in [2.24, 2.45) is 5.92 Å². The van der Waals surface area contributed by atoms with Gasteiger partial charge in [-0.15, -0.1) is 0 Å². The van der Waals surface area contributed by atoms with Gasteiger partial charge < -0.3 is 10.1 Å². The van der Waals surface area contributed by atoms with Gasteiger partial charge in [-0.3, -0.25) is 4.90 Å². The minimum Gasteiger partial charge on any atom is -0.383 e. The Kier molecular flexibility index (Phi) is 5.58. The molecule has 1 fully saturated rings. The van der Waals surface area contributed by atoms with Crippen LogP contribution in [0.15, 0.2) is 30.3 Å². The van der Waals surface area contributed by atoms with E-state index in [1.165, 1.54) is 5.56 Å². The number of ether oxygens (including phenoxy) is 1. The summed E-state index contributed by atoms with van der Waals surface area (Å²) in [5.74, 6) is 0.589. The van der Waals surface area contributed by atoms with Crippen LogP contribution in [0.4, 0.5) is 0 Å². The summed E-state index contributed by atoms with van der Waals surface area (Å²) in [5, 5.41) is 3.61. The summed E-state index contributed by atoms with van der Waals surface area (Å²) in [6.07, 6.45) is 0. The fourth-order valence-corrected chi connectivity index (χ4v) is 3.13. The summed E-state index contributed by atoms with van der Waals surface area (Å²) in [6, 6.07) is 12.3. The average molecular weight is 276 g/mol. The third-order valence-electron chi connectivity index (χ3n) is 4.26. The highest BCUT2D eigenvalue weighted by Gasteiger charge is 2.33. The van der Waals surface area contributed by atoms with E-state index in [9.17, 15) is 0 Å². The molecular formula is C17H28N2O. The quantitative estimate of drug-likeness (QED) is 0.895. The highest BCUT2D eigenvalue weighted by molar-refractivity contribution is 5.20. The van der Waals surface area contributed by atoms with E-state index in [0.717, 1.165) is 19.7 Å². The number of hydrogen-bond donors (Lipinski definition) is 1. The maximum absolute atomic E-state index is 5.48. The number of methoxy groups -OCH3 is 1. The number of nitrogens with zero attached hydrogens (tertiary/aromatic N) is 1. The lowest BCUT2D eigenvalue weighted by Crippen LogP contribution is -2.56. The highest BCUT2D eigenvalue weighted by Crippen LogP contribution is 2.28. The Labute approximate surface area is 123 Å². The van der Waals surface area contributed by atoms with Gasteiger partial charge in [-0.25, -0.2) is 0 Å². The van der Waals surface area contributed by atoms with Crippen LogP contribution in [0.25, 0.3) is 0 Å². The van der Waals surface area contributed by atoms with Crippen molar-refractivity contribution in [3.05, 3.63) is 35.9 Å². The van der Waals surface area contributed by atoms with Crippen molar-refractivity contribution in [3.63, 3.8) is 0 Å². The van der Waals surface area contributed by atoms with Gasteiger partial charge >= 0.3 is 0 Å². The smallest absolute Gasteiger partial charge is 0.0620 e. The van der Waals surface area contributed by atoms with E-state index < -0.39 is 0 Å². The maximum atomic E-state index is 5.48. The third-order valence-corrected chi connectivity index (χ3v) is 4.26. The van der Waals surface area contributed by atoms with Crippen LogP contribution < -0.4 is 5.32 Å². The molecule has 0 aromatic heterocycles. The maximum Gasteiger partial charge on any atom is 0.0620 e. The van der Waals surface area contributed by atoms with Gasteiger partial charge in [0.25, 0.3) is 0 Å². The van der Waals surface area contributed by atoms with Crippen LogP contribution in [0.1, 0.15) is 32.4 Å². The molecule has 0 amide bonds. The lowest BCUT2D eigenvalue weighted by Gasteiger charge is -2.45. The van der Waals surface area contributed by atoms with Gasteiger partial charge in [0.1, 0.15) is 0 Å². The molecule has 1 aliphatic heterocycles. The molecule has 3 atom stereocenters. The number of piperazine rings is 1. The first-order valence-corrected chi connectivity index (χ1v) is 7.66. The molecular weight excluding hydrogens is 248 g/mol. The summed E-state index contributed by atoms with van der Waals surface area (Å²) >= 11 is 0. The van der Waals surface area contributed by atoms with Crippen LogP contribution in [0.5, 0.6) is 0 Å². The Hall–Kier alpha value is -0.900. The summed E-state index contributed by atoms with van der Waals surface area (Å²) in [4.78, 5) is 2.63. The molecule has 3 nitrogen and oxygen atoms in total. The summed E-state index contributed by atoms with van der Waals surface area (Å²) < 4.78 is 5.48. The molecule has 0 spiro atoms. The van der Waals surface area contributed by atoms with Gasteiger partial charge in [0, 0.05) is 38.3 Å². The topological polar surface area (TPSA) is 24.5 Å². The Morgan fingerprint density at radius 1 is 1.30 bits per heavy atom. The Morgan fingerprint density at radius 3 is 2.60 bits per heavy atom. The zero-order valence-corrected chi connectivity index (χ0v) is 13.2. The molecule has 1 aliphatic rings. The van der Waals surface area contributed by atoms with Crippen LogP contribution in [0, 0.1) is 5.92 Å². The zero-order valence-electron chi connectivity index (χ0n) is 13.2. The molecule has 1 N–H and O–H groups in total. The van der Waals surface area contributed by atoms with Crippen molar-refractivity contribution in [1.82, 2.24) is 10.2 Å². The molecule has 1 heterocycles. The molecule has 2 rings (SSSR count). The first-order chi connectivity index (χ1) is 9.63. The molecule has 20 heavy (non-hydrogen) atoms. The van der Waals surface area contributed by atoms with Crippen molar-refractivity contribution < 1.29 is 4.74 Å². The van der Waals surface area contributed by atoms with Gasteiger partial charge in [0.05, 0.1) is 6.61 Å².